The van der Waals surface area contributed by atoms with Crippen LogP contribution in [0.25, 0.3) is 11.4 Å². The molecule has 1 aliphatic carbocycles. The van der Waals surface area contributed by atoms with Gasteiger partial charge in [0.1, 0.15) is 5.76 Å². The first-order valence-electron chi connectivity index (χ1n) is 9.99. The fourth-order valence-corrected chi connectivity index (χ4v) is 4.46. The first-order valence-corrected chi connectivity index (χ1v) is 11.0. The van der Waals surface area contributed by atoms with Crippen LogP contribution in [0, 0.1) is 5.92 Å². The van der Waals surface area contributed by atoms with Crippen LogP contribution in [0.1, 0.15) is 38.4 Å². The molecule has 3 aromatic rings. The van der Waals surface area contributed by atoms with Gasteiger partial charge in [0.15, 0.2) is 11.0 Å². The highest BCUT2D eigenvalue weighted by atomic mass is 32.2. The Bertz CT molecular complexity index is 926. The number of hydrogen-bond acceptors (Lipinski definition) is 6. The van der Waals surface area contributed by atoms with Gasteiger partial charge >= 0.3 is 0 Å². The standard InChI is InChI=1S/C21H25N5O2S/c1-15-6-2-3-9-18(15)23-19(27)14-29-21-25-24-20(16-7-4-10-22-12-16)26(21)13-17-8-5-11-28-17/h4-5,7-8,10-12,15,18H,2-3,6,9,13-14H2,1H3,(H,23,27)/t15-,18+/m0/s1. The van der Waals surface area contributed by atoms with Crippen LogP contribution >= 0.6 is 11.8 Å². The van der Waals surface area contributed by atoms with Gasteiger partial charge in [-0.3, -0.25) is 14.3 Å². The van der Waals surface area contributed by atoms with Crippen LogP contribution in [0.4, 0.5) is 0 Å². The average Bonchev–Trinajstić information content (AvgIpc) is 3.39. The summed E-state index contributed by atoms with van der Waals surface area (Å²) in [5, 5.41) is 12.6. The molecule has 1 aliphatic rings. The number of pyridine rings is 1. The lowest BCUT2D eigenvalue weighted by Gasteiger charge is -2.29. The highest BCUT2D eigenvalue weighted by molar-refractivity contribution is 7.99. The van der Waals surface area contributed by atoms with Gasteiger partial charge in [-0.15, -0.1) is 10.2 Å². The lowest BCUT2D eigenvalue weighted by Crippen LogP contribution is -2.41. The molecule has 0 radical (unpaired) electrons. The van der Waals surface area contributed by atoms with Crippen LogP contribution in [0.3, 0.4) is 0 Å². The topological polar surface area (TPSA) is 85.8 Å². The van der Waals surface area contributed by atoms with Gasteiger partial charge in [-0.2, -0.15) is 0 Å². The molecule has 3 aromatic heterocycles. The molecular weight excluding hydrogens is 386 g/mol. The van der Waals surface area contributed by atoms with Crippen molar-refractivity contribution in [1.29, 1.82) is 0 Å². The summed E-state index contributed by atoms with van der Waals surface area (Å²) < 4.78 is 7.48. The summed E-state index contributed by atoms with van der Waals surface area (Å²) in [6, 6.07) is 7.87. The lowest BCUT2D eigenvalue weighted by atomic mass is 9.86. The number of amides is 1. The van der Waals surface area contributed by atoms with Gasteiger partial charge in [-0.25, -0.2) is 0 Å². The van der Waals surface area contributed by atoms with E-state index in [1.54, 1.807) is 18.7 Å². The first-order chi connectivity index (χ1) is 14.2. The second-order valence-electron chi connectivity index (χ2n) is 7.44. The van der Waals surface area contributed by atoms with Gasteiger partial charge in [0.25, 0.3) is 0 Å². The first kappa shape index (κ1) is 19.7. The summed E-state index contributed by atoms with van der Waals surface area (Å²) in [4.78, 5) is 16.7. The van der Waals surface area contributed by atoms with Crippen molar-refractivity contribution in [1.82, 2.24) is 25.1 Å². The van der Waals surface area contributed by atoms with E-state index in [2.05, 4.69) is 27.4 Å². The van der Waals surface area contributed by atoms with E-state index in [4.69, 9.17) is 4.42 Å². The molecule has 0 unspecified atom stereocenters. The number of hydrogen-bond donors (Lipinski definition) is 1. The Labute approximate surface area is 174 Å². The van der Waals surface area contributed by atoms with E-state index in [0.717, 1.165) is 17.7 Å². The third-order valence-corrected chi connectivity index (χ3v) is 6.29. The normalized spacial score (nSPS) is 19.2. The van der Waals surface area contributed by atoms with E-state index < -0.39 is 0 Å². The second-order valence-corrected chi connectivity index (χ2v) is 8.38. The zero-order valence-electron chi connectivity index (χ0n) is 16.5. The molecule has 1 N–H and O–H groups in total. The van der Waals surface area contributed by atoms with Crippen LogP contribution in [0.2, 0.25) is 0 Å². The van der Waals surface area contributed by atoms with Crippen LogP contribution in [0.15, 0.2) is 52.5 Å². The van der Waals surface area contributed by atoms with Crippen molar-refractivity contribution in [3.8, 4) is 11.4 Å². The van der Waals surface area contributed by atoms with Crippen molar-refractivity contribution in [3.63, 3.8) is 0 Å². The Morgan fingerprint density at radius 2 is 2.17 bits per heavy atom. The van der Waals surface area contributed by atoms with Crippen LogP contribution < -0.4 is 5.32 Å². The molecule has 1 saturated carbocycles. The number of furan rings is 1. The molecule has 1 fully saturated rings. The Morgan fingerprint density at radius 3 is 2.93 bits per heavy atom. The maximum Gasteiger partial charge on any atom is 0.230 e. The van der Waals surface area contributed by atoms with Crippen LogP contribution in [-0.2, 0) is 11.3 Å². The Hall–Kier alpha value is -2.61. The molecule has 7 nitrogen and oxygen atoms in total. The lowest BCUT2D eigenvalue weighted by molar-refractivity contribution is -0.119. The number of rotatable bonds is 7. The molecule has 0 bridgehead atoms. The monoisotopic (exact) mass is 411 g/mol. The van der Waals surface area contributed by atoms with Crippen molar-refractivity contribution in [3.05, 3.63) is 48.7 Å². The maximum absolute atomic E-state index is 12.5. The molecule has 152 valence electrons. The largest absolute Gasteiger partial charge is 0.467 e. The van der Waals surface area contributed by atoms with E-state index >= 15 is 0 Å². The molecule has 0 aliphatic heterocycles. The number of carbonyl (C=O) groups is 1. The molecule has 4 rings (SSSR count). The SMILES string of the molecule is C[C@H]1CCCC[C@H]1NC(=O)CSc1nnc(-c2cccnc2)n1Cc1ccco1. The molecule has 1 amide bonds. The third-order valence-electron chi connectivity index (χ3n) is 5.32. The van der Waals surface area contributed by atoms with Crippen molar-refractivity contribution in [2.75, 3.05) is 5.75 Å². The summed E-state index contributed by atoms with van der Waals surface area (Å²) in [6.45, 7) is 2.71. The molecular formula is C21H25N5O2S. The molecule has 29 heavy (non-hydrogen) atoms. The molecule has 0 saturated heterocycles. The summed E-state index contributed by atoms with van der Waals surface area (Å²) in [6.07, 6.45) is 9.83. The molecule has 0 spiro atoms. The Morgan fingerprint density at radius 1 is 1.28 bits per heavy atom. The zero-order valence-corrected chi connectivity index (χ0v) is 17.3. The van der Waals surface area contributed by atoms with Crippen molar-refractivity contribution in [2.24, 2.45) is 5.92 Å². The summed E-state index contributed by atoms with van der Waals surface area (Å²) in [5.74, 6) is 2.41. The Kier molecular flexibility index (Phi) is 6.29. The van der Waals surface area contributed by atoms with Gasteiger partial charge in [0.05, 0.1) is 18.6 Å². The Balaban J connectivity index is 1.48. The van der Waals surface area contributed by atoms with E-state index in [0.29, 0.717) is 29.2 Å². The van der Waals surface area contributed by atoms with Crippen LogP contribution in [0.5, 0.6) is 0 Å². The van der Waals surface area contributed by atoms with Gasteiger partial charge < -0.3 is 9.73 Å². The zero-order chi connectivity index (χ0) is 20.1. The summed E-state index contributed by atoms with van der Waals surface area (Å²) >= 11 is 1.40. The van der Waals surface area contributed by atoms with Gasteiger partial charge in [0, 0.05) is 24.0 Å². The third kappa shape index (κ3) is 4.87. The minimum absolute atomic E-state index is 0.0456. The van der Waals surface area contributed by atoms with Gasteiger partial charge in [0.2, 0.25) is 5.91 Å². The second kappa shape index (κ2) is 9.26. The highest BCUT2D eigenvalue weighted by Gasteiger charge is 2.23. The van der Waals surface area contributed by atoms with E-state index in [9.17, 15) is 4.79 Å². The fourth-order valence-electron chi connectivity index (χ4n) is 3.71. The predicted octanol–water partition coefficient (Wildman–Crippen LogP) is 3.77. The number of aromatic nitrogens is 4. The molecule has 8 heteroatoms. The number of nitrogens with one attached hydrogen (secondary N) is 1. The predicted molar refractivity (Wildman–Crippen MR) is 111 cm³/mol. The highest BCUT2D eigenvalue weighted by Crippen LogP contribution is 2.26. The van der Waals surface area contributed by atoms with Crippen molar-refractivity contribution < 1.29 is 9.21 Å². The minimum Gasteiger partial charge on any atom is -0.467 e. The number of carbonyl (C=O) groups excluding carboxylic acids is 1. The molecule has 2 atom stereocenters. The van der Waals surface area contributed by atoms with Crippen molar-refractivity contribution >= 4 is 17.7 Å². The minimum atomic E-state index is 0.0456. The average molecular weight is 412 g/mol. The van der Waals surface area contributed by atoms with E-state index in [1.807, 2.05) is 28.8 Å². The van der Waals surface area contributed by atoms with Gasteiger partial charge in [-0.1, -0.05) is 31.5 Å². The van der Waals surface area contributed by atoms with Crippen molar-refractivity contribution in [2.45, 2.75) is 50.4 Å². The van der Waals surface area contributed by atoms with E-state index in [1.165, 1.54) is 31.0 Å². The van der Waals surface area contributed by atoms with E-state index in [-0.39, 0.29) is 11.9 Å². The number of nitrogens with zero attached hydrogens (tertiary/aromatic N) is 4. The quantitative estimate of drug-likeness (QED) is 0.596. The maximum atomic E-state index is 12.5. The summed E-state index contributed by atoms with van der Waals surface area (Å²) in [7, 11) is 0. The molecule has 0 aromatic carbocycles. The number of thioether (sulfide) groups is 1. The fraction of sp³-hybridized carbons (Fsp3) is 0.429. The summed E-state index contributed by atoms with van der Waals surface area (Å²) in [5.41, 5.74) is 0.874. The van der Waals surface area contributed by atoms with Crippen LogP contribution in [-0.4, -0.2) is 37.5 Å². The van der Waals surface area contributed by atoms with Gasteiger partial charge in [-0.05, 0) is 43.0 Å². The smallest absolute Gasteiger partial charge is 0.230 e. The molecule has 3 heterocycles.